The third-order valence-electron chi connectivity index (χ3n) is 2.86. The first-order chi connectivity index (χ1) is 6.63. The Morgan fingerprint density at radius 3 is 2.64 bits per heavy atom. The lowest BCUT2D eigenvalue weighted by molar-refractivity contribution is -0.110. The monoisotopic (exact) mass is 192 g/mol. The number of hydrogen-bond acceptors (Lipinski definition) is 1. The fourth-order valence-corrected chi connectivity index (χ4v) is 1.75. The summed E-state index contributed by atoms with van der Waals surface area (Å²) < 4.78 is 0. The zero-order chi connectivity index (χ0) is 10.6. The fraction of sp³-hybridized carbons (Fsp3) is 0.615. The van der Waals surface area contributed by atoms with Crippen molar-refractivity contribution in [3.05, 3.63) is 23.8 Å². The second kappa shape index (κ2) is 5.14. The van der Waals surface area contributed by atoms with Gasteiger partial charge in [-0.3, -0.25) is 0 Å². The molecule has 2 atom stereocenters. The maximum Gasteiger partial charge on any atom is 0.123 e. The van der Waals surface area contributed by atoms with Crippen LogP contribution in [-0.4, -0.2) is 6.29 Å². The van der Waals surface area contributed by atoms with E-state index in [2.05, 4.69) is 32.1 Å². The highest BCUT2D eigenvalue weighted by Crippen LogP contribution is 2.25. The van der Waals surface area contributed by atoms with Crippen LogP contribution in [0.25, 0.3) is 0 Å². The molecule has 1 aliphatic carbocycles. The predicted molar refractivity (Wildman–Crippen MR) is 60.0 cm³/mol. The lowest BCUT2D eigenvalue weighted by Gasteiger charge is -2.19. The summed E-state index contributed by atoms with van der Waals surface area (Å²) in [5.41, 5.74) is 1.32. The number of hydrogen-bond donors (Lipinski definition) is 0. The summed E-state index contributed by atoms with van der Waals surface area (Å²) in [7, 11) is 0. The molecule has 1 aliphatic rings. The second-order valence-electron chi connectivity index (χ2n) is 4.60. The quantitative estimate of drug-likeness (QED) is 0.624. The molecule has 0 aliphatic heterocycles. The van der Waals surface area contributed by atoms with Gasteiger partial charge in [0.2, 0.25) is 0 Å². The molecule has 0 bridgehead atoms. The Bertz CT molecular complexity index is 248. The molecule has 0 saturated carbocycles. The first kappa shape index (κ1) is 11.2. The fourth-order valence-electron chi connectivity index (χ4n) is 1.75. The molecule has 1 heteroatoms. The van der Waals surface area contributed by atoms with Crippen LogP contribution in [0.5, 0.6) is 0 Å². The Kier molecular flexibility index (Phi) is 4.12. The van der Waals surface area contributed by atoms with E-state index in [1.54, 1.807) is 0 Å². The number of allylic oxidation sites excluding steroid dienone is 4. The van der Waals surface area contributed by atoms with E-state index in [1.165, 1.54) is 5.57 Å². The molecule has 78 valence electrons. The van der Waals surface area contributed by atoms with Gasteiger partial charge >= 0.3 is 0 Å². The lowest BCUT2D eigenvalue weighted by atomic mass is 9.86. The van der Waals surface area contributed by atoms with E-state index in [1.807, 2.05) is 6.92 Å². The van der Waals surface area contributed by atoms with Crippen molar-refractivity contribution in [1.82, 2.24) is 0 Å². The average molecular weight is 192 g/mol. The van der Waals surface area contributed by atoms with Crippen LogP contribution in [0.4, 0.5) is 0 Å². The molecule has 0 aromatic rings. The zero-order valence-corrected chi connectivity index (χ0v) is 9.36. The predicted octanol–water partition coefficient (Wildman–Crippen LogP) is 3.37. The lowest BCUT2D eigenvalue weighted by Crippen LogP contribution is -2.08. The molecular weight excluding hydrogens is 172 g/mol. The van der Waals surface area contributed by atoms with Crippen molar-refractivity contribution in [3.63, 3.8) is 0 Å². The van der Waals surface area contributed by atoms with Crippen molar-refractivity contribution >= 4 is 6.29 Å². The van der Waals surface area contributed by atoms with Gasteiger partial charge in [-0.15, -0.1) is 0 Å². The molecule has 1 nitrogen and oxygen atoms in total. The maximum atomic E-state index is 10.5. The summed E-state index contributed by atoms with van der Waals surface area (Å²) in [5.74, 6) is 1.55. The summed E-state index contributed by atoms with van der Waals surface area (Å²) in [6.07, 6.45) is 9.82. The molecule has 14 heavy (non-hydrogen) atoms. The first-order valence-electron chi connectivity index (χ1n) is 5.46. The molecular formula is C13H20O. The molecule has 0 radical (unpaired) electrons. The Hall–Kier alpha value is -0.850. The van der Waals surface area contributed by atoms with E-state index in [4.69, 9.17) is 0 Å². The smallest absolute Gasteiger partial charge is 0.123 e. The third kappa shape index (κ3) is 3.13. The Balaban J connectivity index is 2.46. The van der Waals surface area contributed by atoms with Crippen molar-refractivity contribution in [2.24, 2.45) is 17.8 Å². The Labute approximate surface area is 86.9 Å². The molecule has 0 fully saturated rings. The van der Waals surface area contributed by atoms with E-state index < -0.39 is 0 Å². The maximum absolute atomic E-state index is 10.5. The topological polar surface area (TPSA) is 17.1 Å². The van der Waals surface area contributed by atoms with Gasteiger partial charge in [0.1, 0.15) is 6.29 Å². The van der Waals surface area contributed by atoms with Crippen molar-refractivity contribution in [3.8, 4) is 0 Å². The number of rotatable bonds is 4. The van der Waals surface area contributed by atoms with Gasteiger partial charge in [0.25, 0.3) is 0 Å². The summed E-state index contributed by atoms with van der Waals surface area (Å²) in [6.45, 7) is 6.47. The Morgan fingerprint density at radius 2 is 2.21 bits per heavy atom. The highest BCUT2D eigenvalue weighted by Gasteiger charge is 2.13. The molecule has 2 unspecified atom stereocenters. The van der Waals surface area contributed by atoms with E-state index in [9.17, 15) is 4.79 Å². The highest BCUT2D eigenvalue weighted by atomic mass is 16.1. The van der Waals surface area contributed by atoms with Crippen LogP contribution in [-0.2, 0) is 4.79 Å². The molecule has 0 N–H and O–H groups in total. The SMILES string of the molecule is CC(C=O)CC1=CCC(C(C)C)C=C1. The van der Waals surface area contributed by atoms with Crippen LogP contribution < -0.4 is 0 Å². The molecule has 0 spiro atoms. The molecule has 1 rings (SSSR count). The number of carbonyl (C=O) groups excluding carboxylic acids is 1. The summed E-state index contributed by atoms with van der Waals surface area (Å²) in [6, 6.07) is 0. The molecule has 0 aromatic heterocycles. The Morgan fingerprint density at radius 1 is 1.50 bits per heavy atom. The van der Waals surface area contributed by atoms with Gasteiger partial charge in [0.15, 0.2) is 0 Å². The van der Waals surface area contributed by atoms with E-state index >= 15 is 0 Å². The van der Waals surface area contributed by atoms with Gasteiger partial charge in [-0.05, 0) is 24.7 Å². The molecule has 0 aromatic carbocycles. The van der Waals surface area contributed by atoms with Crippen molar-refractivity contribution in [2.75, 3.05) is 0 Å². The van der Waals surface area contributed by atoms with Crippen LogP contribution in [0, 0.1) is 17.8 Å². The van der Waals surface area contributed by atoms with Crippen LogP contribution in [0.2, 0.25) is 0 Å². The van der Waals surface area contributed by atoms with Crippen molar-refractivity contribution in [2.45, 2.75) is 33.6 Å². The van der Waals surface area contributed by atoms with E-state index in [0.29, 0.717) is 11.8 Å². The van der Waals surface area contributed by atoms with Crippen molar-refractivity contribution in [1.29, 1.82) is 0 Å². The first-order valence-corrected chi connectivity index (χ1v) is 5.46. The molecule has 0 saturated heterocycles. The van der Waals surface area contributed by atoms with Gasteiger partial charge in [-0.1, -0.05) is 44.6 Å². The van der Waals surface area contributed by atoms with Crippen LogP contribution in [0.3, 0.4) is 0 Å². The standard InChI is InChI=1S/C13H20O/c1-10(2)13-6-4-12(5-7-13)8-11(3)9-14/h4-6,9-11,13H,7-8H2,1-3H3. The molecule has 0 amide bonds. The van der Waals surface area contributed by atoms with E-state index in [0.717, 1.165) is 19.1 Å². The van der Waals surface area contributed by atoms with Gasteiger partial charge in [-0.2, -0.15) is 0 Å². The van der Waals surface area contributed by atoms with Crippen LogP contribution >= 0.6 is 0 Å². The second-order valence-corrected chi connectivity index (χ2v) is 4.60. The van der Waals surface area contributed by atoms with E-state index in [-0.39, 0.29) is 5.92 Å². The highest BCUT2D eigenvalue weighted by molar-refractivity contribution is 5.54. The number of aldehydes is 1. The minimum atomic E-state index is 0.154. The minimum Gasteiger partial charge on any atom is -0.303 e. The summed E-state index contributed by atoms with van der Waals surface area (Å²) >= 11 is 0. The summed E-state index contributed by atoms with van der Waals surface area (Å²) in [4.78, 5) is 10.5. The van der Waals surface area contributed by atoms with Gasteiger partial charge < -0.3 is 4.79 Å². The van der Waals surface area contributed by atoms with Crippen molar-refractivity contribution < 1.29 is 4.79 Å². The minimum absolute atomic E-state index is 0.154. The third-order valence-corrected chi connectivity index (χ3v) is 2.86. The molecule has 0 heterocycles. The van der Waals surface area contributed by atoms with Gasteiger partial charge in [-0.25, -0.2) is 0 Å². The summed E-state index contributed by atoms with van der Waals surface area (Å²) in [5, 5.41) is 0. The zero-order valence-electron chi connectivity index (χ0n) is 9.36. The largest absolute Gasteiger partial charge is 0.303 e. The van der Waals surface area contributed by atoms with Crippen LogP contribution in [0.1, 0.15) is 33.6 Å². The van der Waals surface area contributed by atoms with Gasteiger partial charge in [0.05, 0.1) is 0 Å². The average Bonchev–Trinajstić information content (AvgIpc) is 2.18. The van der Waals surface area contributed by atoms with Crippen LogP contribution in [0.15, 0.2) is 23.8 Å². The van der Waals surface area contributed by atoms with Gasteiger partial charge in [0, 0.05) is 5.92 Å². The number of carbonyl (C=O) groups is 1. The normalized spacial score (nSPS) is 23.4.